The molecule has 0 saturated heterocycles. The Hall–Kier alpha value is -4.21. The highest BCUT2D eigenvalue weighted by atomic mass is 19.4. The predicted octanol–water partition coefficient (Wildman–Crippen LogP) is 5.51. The predicted molar refractivity (Wildman–Crippen MR) is 111 cm³/mol. The smallest absolute Gasteiger partial charge is 0.435 e. The quantitative estimate of drug-likeness (QED) is 0.303. The fraction of sp³-hybridized carbons (Fsp3) is 0.0909. The minimum Gasteiger partial charge on any atom is -0.457 e. The van der Waals surface area contributed by atoms with Crippen LogP contribution in [-0.4, -0.2) is 22.7 Å². The number of hydrogen-bond acceptors (Lipinski definition) is 5. The van der Waals surface area contributed by atoms with Crippen molar-refractivity contribution in [3.63, 3.8) is 0 Å². The monoisotopic (exact) mass is 441 g/mol. The second-order valence-corrected chi connectivity index (χ2v) is 6.92. The molecule has 0 spiro atoms. The largest absolute Gasteiger partial charge is 0.457 e. The summed E-state index contributed by atoms with van der Waals surface area (Å²) in [4.78, 5) is 23.1. The van der Waals surface area contributed by atoms with E-state index >= 15 is 0 Å². The van der Waals surface area contributed by atoms with Gasteiger partial charge in [-0.15, -0.1) is 0 Å². The third-order valence-electron chi connectivity index (χ3n) is 4.75. The molecule has 32 heavy (non-hydrogen) atoms. The number of amides is 1. The molecule has 4 rings (SSSR count). The molecule has 2 aromatic carbocycles. The third kappa shape index (κ3) is 3.89. The van der Waals surface area contributed by atoms with E-state index < -0.39 is 28.3 Å². The van der Waals surface area contributed by atoms with Gasteiger partial charge in [0.15, 0.2) is 5.71 Å². The Kier molecular flexibility index (Phi) is 5.13. The van der Waals surface area contributed by atoms with E-state index in [2.05, 4.69) is 5.10 Å². The molecule has 162 valence electrons. The highest BCUT2D eigenvalue weighted by Gasteiger charge is 2.47. The first-order chi connectivity index (χ1) is 15.1. The van der Waals surface area contributed by atoms with E-state index in [0.717, 1.165) is 6.08 Å². The summed E-state index contributed by atoms with van der Waals surface area (Å²) in [6.07, 6.45) is -3.86. The van der Waals surface area contributed by atoms with Crippen LogP contribution >= 0.6 is 0 Å². The Labute approximate surface area is 179 Å². The second-order valence-electron chi connectivity index (χ2n) is 6.92. The Morgan fingerprint density at radius 1 is 1.09 bits per heavy atom. The number of carbonyl (C=O) groups excluding carboxylic acids is 1. The minimum atomic E-state index is -4.85. The molecular weight excluding hydrogens is 427 g/mol. The van der Waals surface area contributed by atoms with Gasteiger partial charge in [-0.1, -0.05) is 18.2 Å². The number of nitrogens with zero attached hydrogens (tertiary/aromatic N) is 3. The van der Waals surface area contributed by atoms with Crippen LogP contribution < -0.4 is 5.01 Å². The zero-order valence-corrected chi connectivity index (χ0v) is 16.5. The summed E-state index contributed by atoms with van der Waals surface area (Å²) in [5.41, 5.74) is -0.780. The van der Waals surface area contributed by atoms with E-state index in [-0.39, 0.29) is 17.1 Å². The lowest BCUT2D eigenvalue weighted by molar-refractivity contribution is -0.384. The number of halogens is 3. The van der Waals surface area contributed by atoms with Gasteiger partial charge in [-0.25, -0.2) is 0 Å². The number of nitro benzene ring substituents is 1. The first-order valence-corrected chi connectivity index (χ1v) is 9.28. The summed E-state index contributed by atoms with van der Waals surface area (Å²) in [7, 11) is 0. The molecule has 1 aromatic heterocycles. The van der Waals surface area contributed by atoms with Crippen LogP contribution in [0.4, 0.5) is 24.5 Å². The van der Waals surface area contributed by atoms with Gasteiger partial charge in [0.05, 0.1) is 16.2 Å². The maximum atomic E-state index is 13.6. The normalized spacial score (nSPS) is 15.4. The summed E-state index contributed by atoms with van der Waals surface area (Å²) in [6, 6.07) is 14.9. The first kappa shape index (κ1) is 21.0. The number of hydrogen-bond donors (Lipinski definition) is 0. The zero-order valence-electron chi connectivity index (χ0n) is 16.5. The molecule has 1 aliphatic rings. The van der Waals surface area contributed by atoms with Crippen LogP contribution in [0.5, 0.6) is 0 Å². The van der Waals surface area contributed by atoms with Crippen molar-refractivity contribution in [1.82, 2.24) is 0 Å². The molecule has 0 fully saturated rings. The summed E-state index contributed by atoms with van der Waals surface area (Å²) >= 11 is 0. The number of anilines is 1. The van der Waals surface area contributed by atoms with Crippen LogP contribution in [-0.2, 0) is 4.79 Å². The van der Waals surface area contributed by atoms with Crippen molar-refractivity contribution in [3.8, 4) is 11.3 Å². The minimum absolute atomic E-state index is 0.00737. The van der Waals surface area contributed by atoms with Gasteiger partial charge in [0.2, 0.25) is 0 Å². The molecule has 0 aliphatic carbocycles. The maximum Gasteiger partial charge on any atom is 0.435 e. The van der Waals surface area contributed by atoms with Crippen LogP contribution in [0.25, 0.3) is 17.4 Å². The van der Waals surface area contributed by atoms with Crippen molar-refractivity contribution in [2.45, 2.75) is 13.1 Å². The van der Waals surface area contributed by atoms with E-state index in [1.54, 1.807) is 25.1 Å². The molecule has 7 nitrogen and oxygen atoms in total. The Morgan fingerprint density at radius 2 is 1.81 bits per heavy atom. The van der Waals surface area contributed by atoms with Crippen LogP contribution in [0.3, 0.4) is 0 Å². The molecular formula is C22H14F3N3O4. The topological polar surface area (TPSA) is 89.0 Å². The van der Waals surface area contributed by atoms with Gasteiger partial charge < -0.3 is 4.42 Å². The number of benzene rings is 2. The van der Waals surface area contributed by atoms with Gasteiger partial charge in [0, 0.05) is 17.7 Å². The molecule has 2 heterocycles. The van der Waals surface area contributed by atoms with E-state index in [4.69, 9.17) is 4.42 Å². The van der Waals surface area contributed by atoms with Gasteiger partial charge in [-0.3, -0.25) is 14.9 Å². The van der Waals surface area contributed by atoms with Gasteiger partial charge in [-0.2, -0.15) is 23.3 Å². The van der Waals surface area contributed by atoms with E-state index in [0.29, 0.717) is 21.9 Å². The Balaban J connectivity index is 1.71. The molecule has 3 aromatic rings. The lowest BCUT2D eigenvalue weighted by Gasteiger charge is -2.10. The van der Waals surface area contributed by atoms with Crippen LogP contribution in [0.2, 0.25) is 0 Å². The summed E-state index contributed by atoms with van der Waals surface area (Å²) in [6.45, 7) is 1.65. The molecule has 10 heteroatoms. The van der Waals surface area contributed by atoms with Crippen molar-refractivity contribution in [2.24, 2.45) is 5.10 Å². The maximum absolute atomic E-state index is 13.6. The van der Waals surface area contributed by atoms with Gasteiger partial charge >= 0.3 is 6.18 Å². The van der Waals surface area contributed by atoms with Crippen molar-refractivity contribution < 1.29 is 27.3 Å². The molecule has 0 atom stereocenters. The summed E-state index contributed by atoms with van der Waals surface area (Å²) < 4.78 is 46.3. The van der Waals surface area contributed by atoms with Crippen LogP contribution in [0.1, 0.15) is 11.3 Å². The standard InChI is InChI=1S/C22H14F3N3O4/c1-13-11-15(28(30)31)7-9-17(13)19-10-8-16(32-19)12-18-20(22(23,24)25)26-27(21(18)29)14-5-3-2-4-6-14/h2-12H,1H3/b18-12-. The highest BCUT2D eigenvalue weighted by molar-refractivity contribution is 6.34. The van der Waals surface area contributed by atoms with Gasteiger partial charge in [-0.05, 0) is 48.9 Å². The fourth-order valence-corrected chi connectivity index (χ4v) is 3.25. The van der Waals surface area contributed by atoms with Gasteiger partial charge in [0.1, 0.15) is 11.5 Å². The SMILES string of the molecule is Cc1cc([N+](=O)[O-])ccc1-c1ccc(/C=C2\C(=O)N(c3ccccc3)N=C2C(F)(F)F)o1. The highest BCUT2D eigenvalue weighted by Crippen LogP contribution is 2.34. The molecule has 0 N–H and O–H groups in total. The molecule has 1 amide bonds. The average molecular weight is 441 g/mol. The van der Waals surface area contributed by atoms with Crippen molar-refractivity contribution in [1.29, 1.82) is 0 Å². The molecule has 0 saturated carbocycles. The third-order valence-corrected chi connectivity index (χ3v) is 4.75. The Bertz CT molecular complexity index is 1280. The van der Waals surface area contributed by atoms with Crippen molar-refractivity contribution in [3.05, 3.63) is 87.7 Å². The number of aryl methyl sites for hydroxylation is 1. The molecule has 1 aliphatic heterocycles. The fourth-order valence-electron chi connectivity index (χ4n) is 3.25. The average Bonchev–Trinajstić information content (AvgIpc) is 3.33. The molecule has 0 bridgehead atoms. The second kappa shape index (κ2) is 7.80. The number of alkyl halides is 3. The molecule has 0 unspecified atom stereocenters. The number of carbonyl (C=O) groups is 1. The number of rotatable bonds is 4. The lowest BCUT2D eigenvalue weighted by atomic mass is 10.1. The lowest BCUT2D eigenvalue weighted by Crippen LogP contribution is -2.25. The van der Waals surface area contributed by atoms with E-state index in [9.17, 15) is 28.1 Å². The van der Waals surface area contributed by atoms with Crippen molar-refractivity contribution in [2.75, 3.05) is 5.01 Å². The van der Waals surface area contributed by atoms with Crippen LogP contribution in [0, 0.1) is 17.0 Å². The number of furan rings is 1. The first-order valence-electron chi connectivity index (χ1n) is 9.28. The number of para-hydroxylation sites is 1. The van der Waals surface area contributed by atoms with Crippen molar-refractivity contribution >= 4 is 29.1 Å². The van der Waals surface area contributed by atoms with Gasteiger partial charge in [0.25, 0.3) is 11.6 Å². The number of non-ortho nitro benzene ring substituents is 1. The summed E-state index contributed by atoms with van der Waals surface area (Å²) in [5, 5.41) is 15.1. The van der Waals surface area contributed by atoms with E-state index in [1.165, 1.54) is 42.5 Å². The molecule has 0 radical (unpaired) electrons. The number of nitro groups is 1. The van der Waals surface area contributed by atoms with Crippen LogP contribution in [0.15, 0.2) is 75.8 Å². The zero-order chi connectivity index (χ0) is 23.0. The Morgan fingerprint density at radius 3 is 2.44 bits per heavy atom. The van der Waals surface area contributed by atoms with E-state index in [1.807, 2.05) is 0 Å². The summed E-state index contributed by atoms with van der Waals surface area (Å²) in [5.74, 6) is -0.638. The number of hydrazone groups is 1.